The number of nitrogens with one attached hydrogen (secondary N) is 2. The van der Waals surface area contributed by atoms with Crippen LogP contribution in [0.1, 0.15) is 28.7 Å². The summed E-state index contributed by atoms with van der Waals surface area (Å²) in [4.78, 5) is 25.2. The molecule has 0 fully saturated rings. The number of hydrogen-bond acceptors (Lipinski definition) is 4. The van der Waals surface area contributed by atoms with Gasteiger partial charge in [0.2, 0.25) is 5.91 Å². The average molecular weight is 330 g/mol. The summed E-state index contributed by atoms with van der Waals surface area (Å²) in [7, 11) is 1.84. The first kappa shape index (κ1) is 15.6. The zero-order valence-electron chi connectivity index (χ0n) is 13.4. The monoisotopic (exact) mass is 330 g/mol. The van der Waals surface area contributed by atoms with E-state index >= 15 is 0 Å². The first-order chi connectivity index (χ1) is 10.9. The Labute approximate surface area is 138 Å². The van der Waals surface area contributed by atoms with E-state index in [1.165, 1.54) is 11.8 Å². The van der Waals surface area contributed by atoms with Crippen molar-refractivity contribution in [2.45, 2.75) is 30.9 Å². The molecule has 1 unspecified atom stereocenters. The van der Waals surface area contributed by atoms with Gasteiger partial charge in [-0.1, -0.05) is 0 Å². The summed E-state index contributed by atoms with van der Waals surface area (Å²) in [5, 5.41) is 9.91. The fourth-order valence-electron chi connectivity index (χ4n) is 2.49. The third-order valence-electron chi connectivity index (χ3n) is 3.92. The van der Waals surface area contributed by atoms with E-state index in [2.05, 4.69) is 15.7 Å². The molecular formula is C16H18N4O2S. The SMILES string of the molecule is Cc1nn(C)c(C)c1NC(=O)c1ccc2c(c1)NC(=O)C(C)S2. The van der Waals surface area contributed by atoms with E-state index in [0.717, 1.165) is 22.0 Å². The number of amides is 2. The maximum absolute atomic E-state index is 12.5. The number of thioether (sulfide) groups is 1. The molecule has 2 amide bonds. The van der Waals surface area contributed by atoms with Crippen molar-refractivity contribution in [2.75, 3.05) is 10.6 Å². The predicted octanol–water partition coefficient (Wildman–Crippen LogP) is 2.72. The Morgan fingerprint density at radius 1 is 1.39 bits per heavy atom. The molecule has 1 aliphatic heterocycles. The third-order valence-corrected chi connectivity index (χ3v) is 5.10. The van der Waals surface area contributed by atoms with Gasteiger partial charge >= 0.3 is 0 Å². The summed E-state index contributed by atoms with van der Waals surface area (Å²) in [6, 6.07) is 5.35. The number of carbonyl (C=O) groups excluding carboxylic acids is 2. The highest BCUT2D eigenvalue weighted by Crippen LogP contribution is 2.36. The zero-order valence-corrected chi connectivity index (χ0v) is 14.2. The minimum Gasteiger partial charge on any atom is -0.324 e. The van der Waals surface area contributed by atoms with Crippen LogP contribution in [0.4, 0.5) is 11.4 Å². The molecule has 23 heavy (non-hydrogen) atoms. The molecular weight excluding hydrogens is 312 g/mol. The second-order valence-electron chi connectivity index (χ2n) is 5.58. The van der Waals surface area contributed by atoms with Crippen LogP contribution in [-0.2, 0) is 11.8 Å². The lowest BCUT2D eigenvalue weighted by Gasteiger charge is -2.21. The van der Waals surface area contributed by atoms with Crippen LogP contribution in [0.25, 0.3) is 0 Å². The van der Waals surface area contributed by atoms with Gasteiger partial charge in [0, 0.05) is 17.5 Å². The molecule has 120 valence electrons. The number of nitrogens with zero attached hydrogens (tertiary/aromatic N) is 2. The summed E-state index contributed by atoms with van der Waals surface area (Å²) in [6.07, 6.45) is 0. The van der Waals surface area contributed by atoms with E-state index < -0.39 is 0 Å². The minimum atomic E-state index is -0.218. The first-order valence-corrected chi connectivity index (χ1v) is 8.18. The molecule has 2 heterocycles. The van der Waals surface area contributed by atoms with Crippen LogP contribution < -0.4 is 10.6 Å². The normalized spacial score (nSPS) is 16.7. The number of fused-ring (bicyclic) bond motifs is 1. The predicted molar refractivity (Wildman–Crippen MR) is 91.0 cm³/mol. The number of hydrogen-bond donors (Lipinski definition) is 2. The Morgan fingerprint density at radius 2 is 2.13 bits per heavy atom. The van der Waals surface area contributed by atoms with Crippen molar-refractivity contribution in [1.29, 1.82) is 0 Å². The largest absolute Gasteiger partial charge is 0.324 e. The van der Waals surface area contributed by atoms with Crippen molar-refractivity contribution < 1.29 is 9.59 Å². The molecule has 0 radical (unpaired) electrons. The van der Waals surface area contributed by atoms with Crippen LogP contribution in [0.15, 0.2) is 23.1 Å². The second-order valence-corrected chi connectivity index (χ2v) is 6.97. The highest BCUT2D eigenvalue weighted by atomic mass is 32.2. The van der Waals surface area contributed by atoms with E-state index in [4.69, 9.17) is 0 Å². The lowest BCUT2D eigenvalue weighted by atomic mass is 10.1. The van der Waals surface area contributed by atoms with Gasteiger partial charge in [-0.3, -0.25) is 14.3 Å². The van der Waals surface area contributed by atoms with Crippen LogP contribution in [0, 0.1) is 13.8 Å². The molecule has 2 aromatic rings. The molecule has 1 atom stereocenters. The number of anilines is 2. The minimum absolute atomic E-state index is 0.0426. The van der Waals surface area contributed by atoms with Gasteiger partial charge < -0.3 is 10.6 Å². The van der Waals surface area contributed by atoms with Crippen molar-refractivity contribution >= 4 is 35.0 Å². The lowest BCUT2D eigenvalue weighted by Crippen LogP contribution is -2.26. The van der Waals surface area contributed by atoms with Gasteiger partial charge in [0.25, 0.3) is 5.91 Å². The summed E-state index contributed by atoms with van der Waals surface area (Å²) in [6.45, 7) is 5.62. The summed E-state index contributed by atoms with van der Waals surface area (Å²) < 4.78 is 1.73. The molecule has 1 aromatic heterocycles. The fourth-order valence-corrected chi connectivity index (χ4v) is 3.42. The average Bonchev–Trinajstić information content (AvgIpc) is 2.74. The topological polar surface area (TPSA) is 76.0 Å². The molecule has 3 rings (SSSR count). The van der Waals surface area contributed by atoms with Crippen molar-refractivity contribution in [2.24, 2.45) is 7.05 Å². The van der Waals surface area contributed by atoms with Gasteiger partial charge in [0.05, 0.1) is 28.0 Å². The second kappa shape index (κ2) is 5.73. The molecule has 0 spiro atoms. The Balaban J connectivity index is 1.86. The summed E-state index contributed by atoms with van der Waals surface area (Å²) in [5.74, 6) is -0.260. The number of benzene rings is 1. The Bertz CT molecular complexity index is 813. The molecule has 1 aliphatic rings. The van der Waals surface area contributed by atoms with Crippen molar-refractivity contribution in [1.82, 2.24) is 9.78 Å². The highest BCUT2D eigenvalue weighted by molar-refractivity contribution is 8.00. The standard InChI is InChI=1S/C16H18N4O2S/c1-8-14(9(2)20(4)19-8)18-16(22)11-5-6-13-12(7-11)17-15(21)10(3)23-13/h5-7,10H,1-4H3,(H,17,21)(H,18,22). The van der Waals surface area contributed by atoms with E-state index in [1.54, 1.807) is 16.8 Å². The smallest absolute Gasteiger partial charge is 0.255 e. The Morgan fingerprint density at radius 3 is 2.78 bits per heavy atom. The summed E-state index contributed by atoms with van der Waals surface area (Å²) in [5.41, 5.74) is 3.58. The van der Waals surface area contributed by atoms with E-state index in [-0.39, 0.29) is 17.1 Å². The molecule has 0 aliphatic carbocycles. The number of aromatic nitrogens is 2. The van der Waals surface area contributed by atoms with E-state index in [0.29, 0.717) is 11.3 Å². The third kappa shape index (κ3) is 2.84. The quantitative estimate of drug-likeness (QED) is 0.888. The summed E-state index contributed by atoms with van der Waals surface area (Å²) >= 11 is 1.50. The Kier molecular flexibility index (Phi) is 3.89. The van der Waals surface area contributed by atoms with Crippen molar-refractivity contribution in [3.63, 3.8) is 0 Å². The van der Waals surface area contributed by atoms with Gasteiger partial charge in [-0.05, 0) is 39.0 Å². The van der Waals surface area contributed by atoms with Crippen molar-refractivity contribution in [3.05, 3.63) is 35.2 Å². The number of aryl methyl sites for hydroxylation is 2. The van der Waals surface area contributed by atoms with Gasteiger partial charge in [-0.25, -0.2) is 0 Å². The molecule has 1 aromatic carbocycles. The Hall–Kier alpha value is -2.28. The zero-order chi connectivity index (χ0) is 16.7. The lowest BCUT2D eigenvalue weighted by molar-refractivity contribution is -0.115. The molecule has 0 bridgehead atoms. The van der Waals surface area contributed by atoms with Crippen LogP contribution in [0.5, 0.6) is 0 Å². The number of carbonyl (C=O) groups is 2. The molecule has 0 saturated carbocycles. The van der Waals surface area contributed by atoms with Crippen molar-refractivity contribution in [3.8, 4) is 0 Å². The molecule has 0 saturated heterocycles. The number of rotatable bonds is 2. The van der Waals surface area contributed by atoms with Crippen LogP contribution >= 0.6 is 11.8 Å². The van der Waals surface area contributed by atoms with Gasteiger partial charge in [-0.15, -0.1) is 11.8 Å². The molecule has 6 nitrogen and oxygen atoms in total. The first-order valence-electron chi connectivity index (χ1n) is 7.30. The van der Waals surface area contributed by atoms with Crippen LogP contribution in [-0.4, -0.2) is 26.8 Å². The fraction of sp³-hybridized carbons (Fsp3) is 0.312. The van der Waals surface area contributed by atoms with Crippen LogP contribution in [0.3, 0.4) is 0 Å². The van der Waals surface area contributed by atoms with Crippen LogP contribution in [0.2, 0.25) is 0 Å². The van der Waals surface area contributed by atoms with E-state index in [9.17, 15) is 9.59 Å². The van der Waals surface area contributed by atoms with Gasteiger partial charge in [0.1, 0.15) is 0 Å². The van der Waals surface area contributed by atoms with E-state index in [1.807, 2.05) is 33.9 Å². The maximum atomic E-state index is 12.5. The maximum Gasteiger partial charge on any atom is 0.255 e. The molecule has 2 N–H and O–H groups in total. The highest BCUT2D eigenvalue weighted by Gasteiger charge is 2.24. The van der Waals surface area contributed by atoms with Gasteiger partial charge in [0.15, 0.2) is 0 Å². The van der Waals surface area contributed by atoms with Gasteiger partial charge in [-0.2, -0.15) is 5.10 Å². The molecule has 7 heteroatoms.